The summed E-state index contributed by atoms with van der Waals surface area (Å²) in [6, 6.07) is 13.3. The Bertz CT molecular complexity index is 635. The monoisotopic (exact) mass is 380 g/mol. The lowest BCUT2D eigenvalue weighted by Crippen LogP contribution is -2.25. The van der Waals surface area contributed by atoms with Gasteiger partial charge in [-0.15, -0.1) is 0 Å². The maximum absolute atomic E-state index is 12.5. The third-order valence-corrected chi connectivity index (χ3v) is 4.23. The molecule has 2 nitrogen and oxygen atoms in total. The predicted molar refractivity (Wildman–Crippen MR) is 80.9 cm³/mol. The molecule has 4 heteroatoms. The van der Waals surface area contributed by atoms with Gasteiger partial charge in [0.15, 0.2) is 5.78 Å². The standard InChI is InChI=1S/C15H10Br2O2/c16-10-3-1-9(2-4-10)13-8-19-14-7-11(17)5-6-12(14)15(13)18/h1-7,13H,8H2. The van der Waals surface area contributed by atoms with Crippen LogP contribution in [0.1, 0.15) is 21.8 Å². The van der Waals surface area contributed by atoms with Crippen LogP contribution in [0.15, 0.2) is 51.4 Å². The van der Waals surface area contributed by atoms with Crippen molar-refractivity contribution < 1.29 is 9.53 Å². The summed E-state index contributed by atoms with van der Waals surface area (Å²) in [5, 5.41) is 0. The molecule has 0 radical (unpaired) electrons. The average Bonchev–Trinajstić information content (AvgIpc) is 2.40. The number of hydrogen-bond donors (Lipinski definition) is 0. The number of ether oxygens (including phenoxy) is 1. The van der Waals surface area contributed by atoms with Crippen LogP contribution in [0.3, 0.4) is 0 Å². The summed E-state index contributed by atoms with van der Waals surface area (Å²) in [6.07, 6.45) is 0. The molecule has 19 heavy (non-hydrogen) atoms. The van der Waals surface area contributed by atoms with E-state index in [9.17, 15) is 4.79 Å². The molecule has 1 unspecified atom stereocenters. The lowest BCUT2D eigenvalue weighted by molar-refractivity contribution is 0.0896. The van der Waals surface area contributed by atoms with Crippen LogP contribution in [0.5, 0.6) is 5.75 Å². The Labute approximate surface area is 128 Å². The second-order valence-corrected chi connectivity index (χ2v) is 6.25. The summed E-state index contributed by atoms with van der Waals surface area (Å²) in [5.74, 6) is 0.561. The highest BCUT2D eigenvalue weighted by Crippen LogP contribution is 2.34. The van der Waals surface area contributed by atoms with Crippen LogP contribution < -0.4 is 4.74 Å². The third kappa shape index (κ3) is 2.47. The largest absolute Gasteiger partial charge is 0.492 e. The zero-order valence-electron chi connectivity index (χ0n) is 9.90. The van der Waals surface area contributed by atoms with Gasteiger partial charge in [-0.05, 0) is 35.9 Å². The Morgan fingerprint density at radius 2 is 1.68 bits per heavy atom. The molecule has 0 saturated carbocycles. The molecule has 1 aliphatic rings. The molecule has 1 atom stereocenters. The highest BCUT2D eigenvalue weighted by Gasteiger charge is 2.30. The molecule has 0 aliphatic carbocycles. The van der Waals surface area contributed by atoms with Gasteiger partial charge in [0, 0.05) is 8.95 Å². The molecular weight excluding hydrogens is 372 g/mol. The van der Waals surface area contributed by atoms with E-state index >= 15 is 0 Å². The lowest BCUT2D eigenvalue weighted by Gasteiger charge is -2.24. The summed E-state index contributed by atoms with van der Waals surface area (Å²) < 4.78 is 7.63. The number of hydrogen-bond acceptors (Lipinski definition) is 2. The zero-order valence-corrected chi connectivity index (χ0v) is 13.1. The second kappa shape index (κ2) is 5.10. The second-order valence-electron chi connectivity index (χ2n) is 4.42. The zero-order chi connectivity index (χ0) is 13.4. The maximum Gasteiger partial charge on any atom is 0.177 e. The van der Waals surface area contributed by atoms with E-state index in [0.717, 1.165) is 14.5 Å². The van der Waals surface area contributed by atoms with Crippen LogP contribution >= 0.6 is 31.9 Å². The van der Waals surface area contributed by atoms with Gasteiger partial charge in [0.2, 0.25) is 0 Å². The van der Waals surface area contributed by atoms with Gasteiger partial charge in [-0.2, -0.15) is 0 Å². The Balaban J connectivity index is 1.97. The first-order chi connectivity index (χ1) is 9.15. The van der Waals surface area contributed by atoms with Crippen molar-refractivity contribution in [3.63, 3.8) is 0 Å². The highest BCUT2D eigenvalue weighted by atomic mass is 79.9. The number of fused-ring (bicyclic) bond motifs is 1. The Kier molecular flexibility index (Phi) is 3.46. The molecular formula is C15H10Br2O2. The van der Waals surface area contributed by atoms with E-state index in [2.05, 4.69) is 31.9 Å². The topological polar surface area (TPSA) is 26.3 Å². The van der Waals surface area contributed by atoms with Crippen molar-refractivity contribution in [1.82, 2.24) is 0 Å². The Morgan fingerprint density at radius 1 is 1.00 bits per heavy atom. The quantitative estimate of drug-likeness (QED) is 0.723. The minimum absolute atomic E-state index is 0.121. The predicted octanol–water partition coefficient (Wildman–Crippen LogP) is 4.57. The van der Waals surface area contributed by atoms with Crippen LogP contribution in [0.25, 0.3) is 0 Å². The van der Waals surface area contributed by atoms with Gasteiger partial charge < -0.3 is 4.74 Å². The molecule has 2 aromatic rings. The summed E-state index contributed by atoms with van der Waals surface area (Å²) in [4.78, 5) is 12.5. The van der Waals surface area contributed by atoms with E-state index in [1.807, 2.05) is 42.5 Å². The van der Waals surface area contributed by atoms with Crippen LogP contribution in [0, 0.1) is 0 Å². The van der Waals surface area contributed by atoms with E-state index < -0.39 is 0 Å². The van der Waals surface area contributed by atoms with Crippen LogP contribution in [0.4, 0.5) is 0 Å². The number of Topliss-reactive ketones (excluding diaryl/α,β-unsaturated/α-hetero) is 1. The summed E-state index contributed by atoms with van der Waals surface area (Å²) in [5.41, 5.74) is 1.64. The summed E-state index contributed by atoms with van der Waals surface area (Å²) in [7, 11) is 0. The van der Waals surface area contributed by atoms with Gasteiger partial charge >= 0.3 is 0 Å². The van der Waals surface area contributed by atoms with Crippen molar-refractivity contribution >= 4 is 37.6 Å². The van der Waals surface area contributed by atoms with Crippen molar-refractivity contribution in [2.24, 2.45) is 0 Å². The minimum Gasteiger partial charge on any atom is -0.492 e. The van der Waals surface area contributed by atoms with Gasteiger partial charge in [-0.3, -0.25) is 4.79 Å². The first kappa shape index (κ1) is 12.9. The van der Waals surface area contributed by atoms with E-state index in [4.69, 9.17) is 4.74 Å². The summed E-state index contributed by atoms with van der Waals surface area (Å²) >= 11 is 6.78. The average molecular weight is 382 g/mol. The molecule has 1 heterocycles. The fourth-order valence-electron chi connectivity index (χ4n) is 2.20. The molecule has 0 fully saturated rings. The van der Waals surface area contributed by atoms with Gasteiger partial charge in [0.1, 0.15) is 12.4 Å². The third-order valence-electron chi connectivity index (χ3n) is 3.20. The number of carbonyl (C=O) groups is 1. The van der Waals surface area contributed by atoms with E-state index in [-0.39, 0.29) is 11.7 Å². The minimum atomic E-state index is -0.221. The van der Waals surface area contributed by atoms with Crippen molar-refractivity contribution in [3.05, 3.63) is 62.5 Å². The van der Waals surface area contributed by atoms with Crippen molar-refractivity contribution in [3.8, 4) is 5.75 Å². The van der Waals surface area contributed by atoms with Crippen LogP contribution in [-0.4, -0.2) is 12.4 Å². The maximum atomic E-state index is 12.5. The fraction of sp³-hybridized carbons (Fsp3) is 0.133. The number of ketones is 1. The van der Waals surface area contributed by atoms with Crippen LogP contribution in [-0.2, 0) is 0 Å². The fourth-order valence-corrected chi connectivity index (χ4v) is 2.80. The van der Waals surface area contributed by atoms with E-state index in [0.29, 0.717) is 17.9 Å². The molecule has 0 N–H and O–H groups in total. The molecule has 0 spiro atoms. The van der Waals surface area contributed by atoms with Crippen molar-refractivity contribution in [1.29, 1.82) is 0 Å². The number of benzene rings is 2. The molecule has 0 aromatic heterocycles. The Morgan fingerprint density at radius 3 is 2.42 bits per heavy atom. The molecule has 0 saturated heterocycles. The first-order valence-electron chi connectivity index (χ1n) is 5.87. The highest BCUT2D eigenvalue weighted by molar-refractivity contribution is 9.10. The molecule has 1 aliphatic heterocycles. The normalized spacial score (nSPS) is 17.8. The molecule has 3 rings (SSSR count). The smallest absolute Gasteiger partial charge is 0.177 e. The van der Waals surface area contributed by atoms with Gasteiger partial charge in [0.05, 0.1) is 11.5 Å². The van der Waals surface area contributed by atoms with Crippen molar-refractivity contribution in [2.75, 3.05) is 6.61 Å². The summed E-state index contributed by atoms with van der Waals surface area (Å²) in [6.45, 7) is 0.393. The van der Waals surface area contributed by atoms with E-state index in [1.165, 1.54) is 0 Å². The lowest BCUT2D eigenvalue weighted by atomic mass is 9.89. The van der Waals surface area contributed by atoms with Gasteiger partial charge in [-0.25, -0.2) is 0 Å². The number of rotatable bonds is 1. The van der Waals surface area contributed by atoms with Gasteiger partial charge in [-0.1, -0.05) is 44.0 Å². The molecule has 96 valence electrons. The molecule has 0 amide bonds. The van der Waals surface area contributed by atoms with Gasteiger partial charge in [0.25, 0.3) is 0 Å². The Hall–Kier alpha value is -1.13. The van der Waals surface area contributed by atoms with Crippen molar-refractivity contribution in [2.45, 2.75) is 5.92 Å². The SMILES string of the molecule is O=C1c2ccc(Br)cc2OCC1c1ccc(Br)cc1. The van der Waals surface area contributed by atoms with Crippen LogP contribution in [0.2, 0.25) is 0 Å². The number of carbonyl (C=O) groups excluding carboxylic acids is 1. The molecule has 2 aromatic carbocycles. The molecule has 0 bridgehead atoms. The number of halogens is 2. The van der Waals surface area contributed by atoms with E-state index in [1.54, 1.807) is 0 Å². The first-order valence-corrected chi connectivity index (χ1v) is 7.46.